The highest BCUT2D eigenvalue weighted by Gasteiger charge is 2.19. The third kappa shape index (κ3) is 2.28. The Bertz CT molecular complexity index is 667. The number of aromatic amines is 1. The van der Waals surface area contributed by atoms with E-state index in [0.717, 1.165) is 12.1 Å². The molecule has 0 aliphatic rings. The Labute approximate surface area is 103 Å². The first kappa shape index (κ1) is 12.4. The van der Waals surface area contributed by atoms with E-state index in [1.807, 2.05) is 0 Å². The van der Waals surface area contributed by atoms with Crippen LogP contribution in [0.2, 0.25) is 0 Å². The molecule has 6 nitrogen and oxygen atoms in total. The highest BCUT2D eigenvalue weighted by atomic mass is 32.2. The molecule has 0 amide bonds. The molecule has 18 heavy (non-hydrogen) atoms. The van der Waals surface area contributed by atoms with Crippen LogP contribution in [0.4, 0.5) is 16.0 Å². The van der Waals surface area contributed by atoms with E-state index in [2.05, 4.69) is 14.7 Å². The van der Waals surface area contributed by atoms with Crippen molar-refractivity contribution >= 4 is 21.7 Å². The van der Waals surface area contributed by atoms with Gasteiger partial charge in [-0.15, -0.1) is 0 Å². The molecule has 8 heteroatoms. The van der Waals surface area contributed by atoms with Gasteiger partial charge in [0.1, 0.15) is 5.82 Å². The maximum Gasteiger partial charge on any atom is 0.264 e. The van der Waals surface area contributed by atoms with Gasteiger partial charge >= 0.3 is 0 Å². The number of anilines is 2. The van der Waals surface area contributed by atoms with Crippen molar-refractivity contribution in [2.24, 2.45) is 0 Å². The number of nitrogens with zero attached hydrogens (tertiary/aromatic N) is 1. The Morgan fingerprint density at radius 3 is 2.78 bits per heavy atom. The number of nitrogens with two attached hydrogens (primary N) is 1. The number of halogens is 1. The van der Waals surface area contributed by atoms with Crippen molar-refractivity contribution in [3.05, 3.63) is 35.9 Å². The molecule has 0 spiro atoms. The lowest BCUT2D eigenvalue weighted by atomic mass is 10.2. The molecule has 0 unspecified atom stereocenters. The van der Waals surface area contributed by atoms with Crippen LogP contribution in [-0.2, 0) is 10.0 Å². The van der Waals surface area contributed by atoms with Crippen molar-refractivity contribution in [2.45, 2.75) is 11.8 Å². The number of benzene rings is 1. The van der Waals surface area contributed by atoms with Gasteiger partial charge < -0.3 is 10.7 Å². The van der Waals surface area contributed by atoms with Gasteiger partial charge in [0.2, 0.25) is 5.95 Å². The van der Waals surface area contributed by atoms with E-state index >= 15 is 0 Å². The monoisotopic (exact) mass is 270 g/mol. The number of H-pyrrole nitrogens is 1. The highest BCUT2D eigenvalue weighted by molar-refractivity contribution is 7.92. The molecule has 0 atom stereocenters. The van der Waals surface area contributed by atoms with Crippen LogP contribution in [0.3, 0.4) is 0 Å². The van der Waals surface area contributed by atoms with E-state index in [1.165, 1.54) is 19.3 Å². The fourth-order valence-corrected chi connectivity index (χ4v) is 2.70. The molecule has 1 heterocycles. The van der Waals surface area contributed by atoms with Gasteiger partial charge in [0.25, 0.3) is 10.0 Å². The molecule has 96 valence electrons. The molecular formula is C10H11FN4O2S. The van der Waals surface area contributed by atoms with Crippen molar-refractivity contribution < 1.29 is 12.8 Å². The second-order valence-corrected chi connectivity index (χ2v) is 5.33. The smallest absolute Gasteiger partial charge is 0.264 e. The average Bonchev–Trinajstić information content (AvgIpc) is 2.75. The first-order valence-electron chi connectivity index (χ1n) is 4.98. The van der Waals surface area contributed by atoms with Gasteiger partial charge in [-0.1, -0.05) is 0 Å². The van der Waals surface area contributed by atoms with E-state index in [0.29, 0.717) is 0 Å². The summed E-state index contributed by atoms with van der Waals surface area (Å²) in [5, 5.41) is 0. The first-order valence-corrected chi connectivity index (χ1v) is 6.46. The van der Waals surface area contributed by atoms with Crippen LogP contribution >= 0.6 is 0 Å². The van der Waals surface area contributed by atoms with Crippen LogP contribution in [0.1, 0.15) is 5.56 Å². The number of aromatic nitrogens is 2. The first-order chi connectivity index (χ1) is 8.40. The fraction of sp³-hybridized carbons (Fsp3) is 0.100. The normalized spacial score (nSPS) is 11.4. The van der Waals surface area contributed by atoms with Gasteiger partial charge in [-0.2, -0.15) is 0 Å². The summed E-state index contributed by atoms with van der Waals surface area (Å²) >= 11 is 0. The van der Waals surface area contributed by atoms with E-state index in [9.17, 15) is 12.8 Å². The zero-order valence-electron chi connectivity index (χ0n) is 9.44. The molecule has 0 saturated heterocycles. The summed E-state index contributed by atoms with van der Waals surface area (Å²) < 4.78 is 39.5. The Morgan fingerprint density at radius 1 is 1.44 bits per heavy atom. The Morgan fingerprint density at radius 2 is 2.17 bits per heavy atom. The quantitative estimate of drug-likeness (QED) is 0.730. The van der Waals surface area contributed by atoms with Gasteiger partial charge in [-0.3, -0.25) is 0 Å². The SMILES string of the molecule is Cc1cc(F)c(N)cc1S(=O)(=O)Nc1ncc[nH]1. The van der Waals surface area contributed by atoms with E-state index in [1.54, 1.807) is 0 Å². The lowest BCUT2D eigenvalue weighted by Gasteiger charge is -2.09. The van der Waals surface area contributed by atoms with Gasteiger partial charge in [0.15, 0.2) is 0 Å². The summed E-state index contributed by atoms with van der Waals surface area (Å²) in [6.45, 7) is 1.49. The predicted molar refractivity (Wildman–Crippen MR) is 64.9 cm³/mol. The summed E-state index contributed by atoms with van der Waals surface area (Å²) in [4.78, 5) is 6.26. The molecule has 0 saturated carbocycles. The minimum absolute atomic E-state index is 0.0808. The van der Waals surface area contributed by atoms with Gasteiger partial charge in [-0.05, 0) is 24.6 Å². The number of hydrogen-bond donors (Lipinski definition) is 3. The molecule has 2 rings (SSSR count). The Hall–Kier alpha value is -2.09. The van der Waals surface area contributed by atoms with Crippen molar-refractivity contribution in [3.8, 4) is 0 Å². The number of hydrogen-bond acceptors (Lipinski definition) is 4. The number of rotatable bonds is 3. The van der Waals surface area contributed by atoms with Gasteiger partial charge in [-0.25, -0.2) is 22.5 Å². The second kappa shape index (κ2) is 4.30. The molecule has 1 aromatic heterocycles. The maximum atomic E-state index is 13.2. The lowest BCUT2D eigenvalue weighted by molar-refractivity contribution is 0.599. The van der Waals surface area contributed by atoms with Crippen LogP contribution in [0, 0.1) is 12.7 Å². The van der Waals surface area contributed by atoms with E-state index in [-0.39, 0.29) is 22.1 Å². The second-order valence-electron chi connectivity index (χ2n) is 3.68. The van der Waals surface area contributed by atoms with Gasteiger partial charge in [0, 0.05) is 12.4 Å². The topological polar surface area (TPSA) is 101 Å². The number of nitrogens with one attached hydrogen (secondary N) is 2. The minimum Gasteiger partial charge on any atom is -0.396 e. The van der Waals surface area contributed by atoms with E-state index < -0.39 is 15.8 Å². The summed E-state index contributed by atoms with van der Waals surface area (Å²) in [5.41, 5.74) is 5.41. The largest absolute Gasteiger partial charge is 0.396 e. The molecule has 0 radical (unpaired) electrons. The zero-order chi connectivity index (χ0) is 13.3. The average molecular weight is 270 g/mol. The molecule has 2 aromatic rings. The molecule has 0 bridgehead atoms. The summed E-state index contributed by atoms with van der Waals surface area (Å²) in [6.07, 6.45) is 2.88. The third-order valence-corrected chi connectivity index (χ3v) is 3.79. The van der Waals surface area contributed by atoms with E-state index in [4.69, 9.17) is 5.73 Å². The lowest BCUT2D eigenvalue weighted by Crippen LogP contribution is -2.15. The zero-order valence-corrected chi connectivity index (χ0v) is 10.3. The molecule has 0 aliphatic heterocycles. The number of sulfonamides is 1. The summed E-state index contributed by atoms with van der Waals surface area (Å²) in [6, 6.07) is 2.15. The number of aryl methyl sites for hydroxylation is 1. The number of nitrogen functional groups attached to an aromatic ring is 1. The maximum absolute atomic E-state index is 13.2. The summed E-state index contributed by atoms with van der Waals surface area (Å²) in [7, 11) is -3.84. The minimum atomic E-state index is -3.84. The number of imidazole rings is 1. The fourth-order valence-electron chi connectivity index (χ4n) is 1.46. The van der Waals surface area contributed by atoms with Crippen LogP contribution in [0.5, 0.6) is 0 Å². The molecular weight excluding hydrogens is 259 g/mol. The van der Waals surface area contributed by atoms with Crippen LogP contribution in [0.25, 0.3) is 0 Å². The van der Waals surface area contributed by atoms with Crippen LogP contribution in [0.15, 0.2) is 29.4 Å². The van der Waals surface area contributed by atoms with Crippen LogP contribution in [-0.4, -0.2) is 18.4 Å². The van der Waals surface area contributed by atoms with Crippen molar-refractivity contribution in [3.63, 3.8) is 0 Å². The molecule has 0 aliphatic carbocycles. The standard InChI is InChI=1S/C10H11FN4O2S/c1-6-4-7(11)8(12)5-9(6)18(16,17)15-10-13-2-3-14-10/h2-5H,12H2,1H3,(H2,13,14,15). The third-order valence-electron chi connectivity index (χ3n) is 2.31. The molecule has 1 aromatic carbocycles. The molecule has 4 N–H and O–H groups in total. The Balaban J connectivity index is 2.44. The molecule has 0 fully saturated rings. The van der Waals surface area contributed by atoms with Crippen molar-refractivity contribution in [1.82, 2.24) is 9.97 Å². The Kier molecular flexibility index (Phi) is 2.95. The highest BCUT2D eigenvalue weighted by Crippen LogP contribution is 2.22. The predicted octanol–water partition coefficient (Wildman–Crippen LogP) is 1.24. The summed E-state index contributed by atoms with van der Waals surface area (Å²) in [5.74, 6) is -0.568. The van der Waals surface area contributed by atoms with Gasteiger partial charge in [0.05, 0.1) is 10.6 Å². The van der Waals surface area contributed by atoms with Crippen molar-refractivity contribution in [2.75, 3.05) is 10.5 Å². The van der Waals surface area contributed by atoms with Crippen LogP contribution < -0.4 is 10.5 Å². The van der Waals surface area contributed by atoms with Crippen molar-refractivity contribution in [1.29, 1.82) is 0 Å².